The molecule has 0 saturated heterocycles. The monoisotopic (exact) mass is 334 g/mol. The van der Waals surface area contributed by atoms with E-state index in [-0.39, 0.29) is 0 Å². The Balaban J connectivity index is 2.46. The molecule has 0 fully saturated rings. The van der Waals surface area contributed by atoms with E-state index in [0.29, 0.717) is 0 Å². The summed E-state index contributed by atoms with van der Waals surface area (Å²) in [4.78, 5) is 4.02. The Bertz CT molecular complexity index is 371. The van der Waals surface area contributed by atoms with Crippen LogP contribution in [0.2, 0.25) is 0 Å². The van der Waals surface area contributed by atoms with Gasteiger partial charge in [-0.05, 0) is 13.3 Å². The molecule has 1 unspecified atom stereocenters. The molecule has 1 aliphatic rings. The van der Waals surface area contributed by atoms with Crippen LogP contribution in [0, 0.1) is 0 Å². The van der Waals surface area contributed by atoms with E-state index in [9.17, 15) is 4.57 Å². The first-order valence-electron chi connectivity index (χ1n) is 8.20. The van der Waals surface area contributed by atoms with Gasteiger partial charge in [-0.2, -0.15) is 0 Å². The summed E-state index contributed by atoms with van der Waals surface area (Å²) in [6.07, 6.45) is 11.0. The first-order valence-corrected chi connectivity index (χ1v) is 9.66. The number of phosphoric ester groups is 1. The van der Waals surface area contributed by atoms with Crippen molar-refractivity contribution in [2.75, 3.05) is 27.3 Å². The minimum absolute atomic E-state index is 0.425. The second-order valence-electron chi connectivity index (χ2n) is 5.38. The van der Waals surface area contributed by atoms with E-state index in [1.807, 2.05) is 29.1 Å². The molecule has 0 saturated carbocycles. The summed E-state index contributed by atoms with van der Waals surface area (Å²) in [5.41, 5.74) is 0. The van der Waals surface area contributed by atoms with Crippen molar-refractivity contribution in [2.45, 2.75) is 58.7 Å². The number of rotatable bonds is 12. The SMILES string of the molecule is CCCCCCCCN1C=CN(CC)C1OP(=O)(OC)OC. The lowest BCUT2D eigenvalue weighted by Gasteiger charge is -2.32. The molecule has 130 valence electrons. The van der Waals surface area contributed by atoms with Gasteiger partial charge in [0.05, 0.1) is 0 Å². The van der Waals surface area contributed by atoms with Crippen molar-refractivity contribution in [1.82, 2.24) is 9.80 Å². The molecular formula is C15H31N2O4P. The van der Waals surface area contributed by atoms with Crippen molar-refractivity contribution in [2.24, 2.45) is 0 Å². The van der Waals surface area contributed by atoms with Gasteiger partial charge >= 0.3 is 7.82 Å². The predicted octanol–water partition coefficient (Wildman–Crippen LogP) is 4.16. The van der Waals surface area contributed by atoms with Gasteiger partial charge in [-0.15, -0.1) is 0 Å². The highest BCUT2D eigenvalue weighted by atomic mass is 31.2. The third kappa shape index (κ3) is 5.92. The Labute approximate surface area is 135 Å². The zero-order valence-corrected chi connectivity index (χ0v) is 15.3. The van der Waals surface area contributed by atoms with Gasteiger partial charge in [0.2, 0.25) is 6.35 Å². The molecule has 6 nitrogen and oxygen atoms in total. The van der Waals surface area contributed by atoms with E-state index >= 15 is 0 Å². The van der Waals surface area contributed by atoms with Gasteiger partial charge in [0.1, 0.15) is 0 Å². The molecular weight excluding hydrogens is 303 g/mol. The maximum absolute atomic E-state index is 12.2. The highest BCUT2D eigenvalue weighted by Crippen LogP contribution is 2.50. The van der Waals surface area contributed by atoms with Crippen LogP contribution in [-0.4, -0.2) is 43.5 Å². The second kappa shape index (κ2) is 10.3. The van der Waals surface area contributed by atoms with Gasteiger partial charge in [0, 0.05) is 39.7 Å². The number of phosphoric acid groups is 1. The molecule has 1 heterocycles. The van der Waals surface area contributed by atoms with E-state index < -0.39 is 14.2 Å². The van der Waals surface area contributed by atoms with Crippen molar-refractivity contribution in [3.05, 3.63) is 12.4 Å². The highest BCUT2D eigenvalue weighted by molar-refractivity contribution is 7.48. The van der Waals surface area contributed by atoms with Crippen LogP contribution in [-0.2, 0) is 18.1 Å². The van der Waals surface area contributed by atoms with Gasteiger partial charge in [0.15, 0.2) is 0 Å². The Morgan fingerprint density at radius 3 is 2.14 bits per heavy atom. The number of hydrogen-bond donors (Lipinski definition) is 0. The minimum atomic E-state index is -3.50. The van der Waals surface area contributed by atoms with Crippen LogP contribution in [0.1, 0.15) is 52.4 Å². The van der Waals surface area contributed by atoms with Crippen molar-refractivity contribution in [3.63, 3.8) is 0 Å². The molecule has 0 aromatic rings. The van der Waals surface area contributed by atoms with Crippen molar-refractivity contribution >= 4 is 7.82 Å². The maximum atomic E-state index is 12.2. The van der Waals surface area contributed by atoms with E-state index in [1.165, 1.54) is 46.3 Å². The topological polar surface area (TPSA) is 51.2 Å². The highest BCUT2D eigenvalue weighted by Gasteiger charge is 2.35. The third-order valence-corrected chi connectivity index (χ3v) is 5.16. The van der Waals surface area contributed by atoms with Crippen LogP contribution in [0.15, 0.2) is 12.4 Å². The van der Waals surface area contributed by atoms with Gasteiger partial charge < -0.3 is 9.80 Å². The smallest absolute Gasteiger partial charge is 0.334 e. The van der Waals surface area contributed by atoms with Crippen LogP contribution in [0.3, 0.4) is 0 Å². The average molecular weight is 334 g/mol. The lowest BCUT2D eigenvalue weighted by Crippen LogP contribution is -2.40. The normalized spacial score (nSPS) is 18.5. The van der Waals surface area contributed by atoms with Crippen molar-refractivity contribution in [3.8, 4) is 0 Å². The largest absolute Gasteiger partial charge is 0.477 e. The van der Waals surface area contributed by atoms with Crippen LogP contribution in [0.4, 0.5) is 0 Å². The second-order valence-corrected chi connectivity index (χ2v) is 7.21. The average Bonchev–Trinajstić information content (AvgIpc) is 2.92. The molecule has 1 aliphatic heterocycles. The zero-order valence-electron chi connectivity index (χ0n) is 14.4. The van der Waals surface area contributed by atoms with Crippen molar-refractivity contribution in [1.29, 1.82) is 0 Å². The van der Waals surface area contributed by atoms with E-state index in [2.05, 4.69) is 6.92 Å². The molecule has 0 radical (unpaired) electrons. The Hall–Kier alpha value is -0.550. The van der Waals surface area contributed by atoms with Crippen molar-refractivity contribution < 1.29 is 18.1 Å². The van der Waals surface area contributed by atoms with Crippen LogP contribution >= 0.6 is 7.82 Å². The molecule has 22 heavy (non-hydrogen) atoms. The summed E-state index contributed by atoms with van der Waals surface area (Å²) in [7, 11) is -0.827. The Morgan fingerprint density at radius 1 is 0.955 bits per heavy atom. The Morgan fingerprint density at radius 2 is 1.55 bits per heavy atom. The fraction of sp³-hybridized carbons (Fsp3) is 0.867. The number of unbranched alkanes of at least 4 members (excludes halogenated alkanes) is 5. The van der Waals surface area contributed by atoms with E-state index in [1.54, 1.807) is 0 Å². The molecule has 0 spiro atoms. The molecule has 1 atom stereocenters. The van der Waals surface area contributed by atoms with E-state index in [0.717, 1.165) is 19.5 Å². The van der Waals surface area contributed by atoms with Crippen LogP contribution < -0.4 is 0 Å². The van der Waals surface area contributed by atoms with E-state index in [4.69, 9.17) is 13.6 Å². The summed E-state index contributed by atoms with van der Waals surface area (Å²) < 4.78 is 27.6. The Kier molecular flexibility index (Phi) is 9.10. The fourth-order valence-electron chi connectivity index (χ4n) is 2.43. The summed E-state index contributed by atoms with van der Waals surface area (Å²) in [5.74, 6) is 0. The van der Waals surface area contributed by atoms with Crippen LogP contribution in [0.25, 0.3) is 0 Å². The third-order valence-electron chi connectivity index (χ3n) is 3.82. The van der Waals surface area contributed by atoms with Gasteiger partial charge in [-0.25, -0.2) is 9.09 Å². The fourth-order valence-corrected chi connectivity index (χ4v) is 3.22. The summed E-state index contributed by atoms with van der Waals surface area (Å²) >= 11 is 0. The quantitative estimate of drug-likeness (QED) is 0.395. The molecule has 0 aliphatic carbocycles. The molecule has 0 N–H and O–H groups in total. The lowest BCUT2D eigenvalue weighted by molar-refractivity contribution is -0.0479. The van der Waals surface area contributed by atoms with Crippen LogP contribution in [0.5, 0.6) is 0 Å². The summed E-state index contributed by atoms with van der Waals surface area (Å²) in [6, 6.07) is 0. The van der Waals surface area contributed by atoms with Gasteiger partial charge in [0.25, 0.3) is 0 Å². The predicted molar refractivity (Wildman–Crippen MR) is 88.1 cm³/mol. The molecule has 0 amide bonds. The first-order chi connectivity index (χ1) is 10.6. The minimum Gasteiger partial charge on any atom is -0.334 e. The summed E-state index contributed by atoms with van der Waals surface area (Å²) in [5, 5.41) is 0. The van der Waals surface area contributed by atoms with Gasteiger partial charge in [-0.3, -0.25) is 9.05 Å². The molecule has 7 heteroatoms. The molecule has 0 bridgehead atoms. The molecule has 0 aromatic carbocycles. The van der Waals surface area contributed by atoms with Gasteiger partial charge in [-0.1, -0.05) is 39.0 Å². The standard InChI is InChI=1S/C15H31N2O4P/c1-5-7-8-9-10-11-12-17-14-13-16(6-2)15(17)21-22(18,19-3)20-4/h13-15H,5-12H2,1-4H3. The summed E-state index contributed by atoms with van der Waals surface area (Å²) in [6.45, 7) is 5.89. The number of hydrogen-bond acceptors (Lipinski definition) is 6. The number of nitrogens with zero attached hydrogens (tertiary/aromatic N) is 2. The molecule has 1 rings (SSSR count). The molecule has 0 aromatic heterocycles. The zero-order chi connectivity index (χ0) is 16.4. The maximum Gasteiger partial charge on any atom is 0.477 e. The lowest BCUT2D eigenvalue weighted by atomic mass is 10.1. The first kappa shape index (κ1) is 19.5.